The Labute approximate surface area is 127 Å². The number of nitrogen functional groups attached to an aromatic ring is 1. The quantitative estimate of drug-likeness (QED) is 0.872. The van der Waals surface area contributed by atoms with Crippen LogP contribution in [0.5, 0.6) is 0 Å². The fourth-order valence-corrected chi connectivity index (χ4v) is 3.37. The summed E-state index contributed by atoms with van der Waals surface area (Å²) in [6.07, 6.45) is 8.55. The van der Waals surface area contributed by atoms with E-state index < -0.39 is 0 Å². The van der Waals surface area contributed by atoms with Crippen molar-refractivity contribution < 1.29 is 0 Å². The van der Waals surface area contributed by atoms with Gasteiger partial charge in [0, 0.05) is 11.9 Å². The zero-order valence-electron chi connectivity index (χ0n) is 12.8. The van der Waals surface area contributed by atoms with Crippen molar-refractivity contribution in [2.75, 3.05) is 17.6 Å². The molecule has 0 spiro atoms. The van der Waals surface area contributed by atoms with Gasteiger partial charge in [-0.1, -0.05) is 50.8 Å². The molecule has 1 aromatic carbocycles. The highest BCUT2D eigenvalue weighted by molar-refractivity contribution is 5.96. The molecule has 3 rings (SSSR count). The highest BCUT2D eigenvalue weighted by Gasteiger charge is 2.17. The van der Waals surface area contributed by atoms with E-state index >= 15 is 0 Å². The number of aromatic nitrogens is 1. The van der Waals surface area contributed by atoms with Gasteiger partial charge in [-0.3, -0.25) is 4.98 Å². The van der Waals surface area contributed by atoms with Crippen LogP contribution >= 0.6 is 0 Å². The topological polar surface area (TPSA) is 50.9 Å². The Hall–Kier alpha value is -1.77. The SMILES string of the molecule is CC1CCC(CCNc2c(N)cnc3ccccc23)CC1. The first-order chi connectivity index (χ1) is 10.2. The van der Waals surface area contributed by atoms with Crippen LogP contribution in [0.25, 0.3) is 10.9 Å². The number of rotatable bonds is 4. The van der Waals surface area contributed by atoms with Crippen molar-refractivity contribution in [1.82, 2.24) is 4.98 Å². The predicted octanol–water partition coefficient (Wildman–Crippen LogP) is 4.45. The molecule has 3 N–H and O–H groups in total. The molecule has 0 amide bonds. The number of nitrogens with two attached hydrogens (primary N) is 1. The van der Waals surface area contributed by atoms with Gasteiger partial charge in [0.1, 0.15) is 0 Å². The molecule has 1 heterocycles. The van der Waals surface area contributed by atoms with Crippen molar-refractivity contribution in [3.05, 3.63) is 30.5 Å². The smallest absolute Gasteiger partial charge is 0.0743 e. The van der Waals surface area contributed by atoms with Crippen molar-refractivity contribution >= 4 is 22.3 Å². The summed E-state index contributed by atoms with van der Waals surface area (Å²) in [5, 5.41) is 4.67. The largest absolute Gasteiger partial charge is 0.396 e. The predicted molar refractivity (Wildman–Crippen MR) is 90.4 cm³/mol. The second-order valence-corrected chi connectivity index (χ2v) is 6.45. The Balaban J connectivity index is 1.64. The number of para-hydroxylation sites is 1. The van der Waals surface area contributed by atoms with Gasteiger partial charge in [-0.25, -0.2) is 0 Å². The number of benzene rings is 1. The third-order valence-electron chi connectivity index (χ3n) is 4.79. The molecule has 3 nitrogen and oxygen atoms in total. The van der Waals surface area contributed by atoms with Gasteiger partial charge in [-0.2, -0.15) is 0 Å². The van der Waals surface area contributed by atoms with E-state index in [9.17, 15) is 0 Å². The summed E-state index contributed by atoms with van der Waals surface area (Å²) in [4.78, 5) is 4.38. The summed E-state index contributed by atoms with van der Waals surface area (Å²) < 4.78 is 0. The molecule has 3 heteroatoms. The Kier molecular flexibility index (Phi) is 4.28. The molecule has 0 atom stereocenters. The monoisotopic (exact) mass is 283 g/mol. The molecule has 2 aromatic rings. The average Bonchev–Trinajstić information content (AvgIpc) is 2.51. The van der Waals surface area contributed by atoms with E-state index in [1.807, 2.05) is 18.2 Å². The van der Waals surface area contributed by atoms with Crippen LogP contribution in [0.15, 0.2) is 30.5 Å². The summed E-state index contributed by atoms with van der Waals surface area (Å²) in [5.41, 5.74) is 8.89. The van der Waals surface area contributed by atoms with Gasteiger partial charge in [0.25, 0.3) is 0 Å². The molecule has 1 aliphatic rings. The lowest BCUT2D eigenvalue weighted by Gasteiger charge is -2.26. The maximum Gasteiger partial charge on any atom is 0.0743 e. The molecule has 0 aliphatic heterocycles. The molecular formula is C18H25N3. The Morgan fingerprint density at radius 1 is 1.19 bits per heavy atom. The lowest BCUT2D eigenvalue weighted by molar-refractivity contribution is 0.282. The van der Waals surface area contributed by atoms with Gasteiger partial charge in [-0.15, -0.1) is 0 Å². The van der Waals surface area contributed by atoms with E-state index in [0.717, 1.165) is 40.7 Å². The fraction of sp³-hybridized carbons (Fsp3) is 0.500. The molecule has 1 fully saturated rings. The number of hydrogen-bond acceptors (Lipinski definition) is 3. The average molecular weight is 283 g/mol. The fourth-order valence-electron chi connectivity index (χ4n) is 3.37. The minimum atomic E-state index is 0.742. The minimum absolute atomic E-state index is 0.742. The van der Waals surface area contributed by atoms with Gasteiger partial charge in [0.15, 0.2) is 0 Å². The molecule has 0 unspecified atom stereocenters. The van der Waals surface area contributed by atoms with Gasteiger partial charge >= 0.3 is 0 Å². The van der Waals surface area contributed by atoms with E-state index in [2.05, 4.69) is 23.3 Å². The molecular weight excluding hydrogens is 258 g/mol. The van der Waals surface area contributed by atoms with Crippen molar-refractivity contribution in [3.63, 3.8) is 0 Å². The van der Waals surface area contributed by atoms with E-state index in [1.165, 1.54) is 32.1 Å². The van der Waals surface area contributed by atoms with E-state index in [1.54, 1.807) is 6.20 Å². The van der Waals surface area contributed by atoms with Crippen LogP contribution in [-0.2, 0) is 0 Å². The normalized spacial score (nSPS) is 22.3. The van der Waals surface area contributed by atoms with Gasteiger partial charge < -0.3 is 11.1 Å². The van der Waals surface area contributed by atoms with Crippen LogP contribution in [0.1, 0.15) is 39.0 Å². The maximum absolute atomic E-state index is 6.10. The van der Waals surface area contributed by atoms with Gasteiger partial charge in [-0.05, 0) is 24.3 Å². The van der Waals surface area contributed by atoms with Crippen molar-refractivity contribution in [2.45, 2.75) is 39.0 Å². The van der Waals surface area contributed by atoms with Gasteiger partial charge in [0.2, 0.25) is 0 Å². The molecule has 0 radical (unpaired) electrons. The minimum Gasteiger partial charge on any atom is -0.396 e. The Bertz CT molecular complexity index is 600. The summed E-state index contributed by atoms with van der Waals surface area (Å²) in [5.74, 6) is 1.80. The first-order valence-corrected chi connectivity index (χ1v) is 8.11. The number of hydrogen-bond donors (Lipinski definition) is 2. The lowest BCUT2D eigenvalue weighted by Crippen LogP contribution is -2.16. The molecule has 1 saturated carbocycles. The summed E-state index contributed by atoms with van der Waals surface area (Å²) >= 11 is 0. The molecule has 1 aliphatic carbocycles. The second kappa shape index (κ2) is 6.33. The Morgan fingerprint density at radius 2 is 1.95 bits per heavy atom. The molecule has 21 heavy (non-hydrogen) atoms. The van der Waals surface area contributed by atoms with Crippen LogP contribution in [0.3, 0.4) is 0 Å². The third-order valence-corrected chi connectivity index (χ3v) is 4.79. The van der Waals surface area contributed by atoms with Crippen molar-refractivity contribution in [2.24, 2.45) is 11.8 Å². The van der Waals surface area contributed by atoms with E-state index in [-0.39, 0.29) is 0 Å². The summed E-state index contributed by atoms with van der Waals surface area (Å²) in [6, 6.07) is 8.17. The zero-order chi connectivity index (χ0) is 14.7. The second-order valence-electron chi connectivity index (χ2n) is 6.45. The molecule has 0 saturated heterocycles. The van der Waals surface area contributed by atoms with Crippen molar-refractivity contribution in [1.29, 1.82) is 0 Å². The number of nitrogens with one attached hydrogen (secondary N) is 1. The number of nitrogens with zero attached hydrogens (tertiary/aromatic N) is 1. The first-order valence-electron chi connectivity index (χ1n) is 8.11. The number of fused-ring (bicyclic) bond motifs is 1. The van der Waals surface area contributed by atoms with E-state index in [4.69, 9.17) is 5.73 Å². The van der Waals surface area contributed by atoms with Crippen LogP contribution in [0.2, 0.25) is 0 Å². The maximum atomic E-state index is 6.10. The highest BCUT2D eigenvalue weighted by atomic mass is 14.9. The highest BCUT2D eigenvalue weighted by Crippen LogP contribution is 2.31. The lowest BCUT2D eigenvalue weighted by atomic mass is 9.81. The van der Waals surface area contributed by atoms with Crippen LogP contribution in [-0.4, -0.2) is 11.5 Å². The van der Waals surface area contributed by atoms with Crippen LogP contribution in [0, 0.1) is 11.8 Å². The third kappa shape index (κ3) is 3.29. The van der Waals surface area contributed by atoms with Crippen molar-refractivity contribution in [3.8, 4) is 0 Å². The van der Waals surface area contributed by atoms with Crippen LogP contribution in [0.4, 0.5) is 11.4 Å². The molecule has 112 valence electrons. The molecule has 1 aromatic heterocycles. The Morgan fingerprint density at radius 3 is 2.76 bits per heavy atom. The number of pyridine rings is 1. The van der Waals surface area contributed by atoms with Gasteiger partial charge in [0.05, 0.1) is 23.1 Å². The standard InChI is InChI=1S/C18H25N3/c1-13-6-8-14(9-7-13)10-11-20-18-15-4-2-3-5-17(15)21-12-16(18)19/h2-5,12-14H,6-11,19H2,1H3,(H,20,21). The zero-order valence-corrected chi connectivity index (χ0v) is 12.8. The first kappa shape index (κ1) is 14.2. The summed E-state index contributed by atoms with van der Waals surface area (Å²) in [6.45, 7) is 3.37. The molecule has 0 bridgehead atoms. The summed E-state index contributed by atoms with van der Waals surface area (Å²) in [7, 11) is 0. The number of anilines is 2. The van der Waals surface area contributed by atoms with Crippen LogP contribution < -0.4 is 11.1 Å². The van der Waals surface area contributed by atoms with E-state index in [0.29, 0.717) is 0 Å².